The summed E-state index contributed by atoms with van der Waals surface area (Å²) in [5.41, 5.74) is 0. The predicted molar refractivity (Wildman–Crippen MR) is 72.6 cm³/mol. The Balaban J connectivity index is 3.09. The van der Waals surface area contributed by atoms with E-state index in [1.54, 1.807) is 0 Å². The third-order valence-corrected chi connectivity index (χ3v) is 2.67. The van der Waals surface area contributed by atoms with Crippen molar-refractivity contribution in [1.29, 1.82) is 0 Å². The summed E-state index contributed by atoms with van der Waals surface area (Å²) in [6.45, 7) is 7.04. The van der Waals surface area contributed by atoms with Crippen LogP contribution < -0.4 is 0 Å². The molecule has 0 fully saturated rings. The summed E-state index contributed by atoms with van der Waals surface area (Å²) in [5.74, 6) is 0. The van der Waals surface area contributed by atoms with E-state index in [9.17, 15) is 5.11 Å². The van der Waals surface area contributed by atoms with Gasteiger partial charge in [0.1, 0.15) is 0 Å². The molecule has 0 aliphatic carbocycles. The molecule has 0 aliphatic rings. The van der Waals surface area contributed by atoms with Gasteiger partial charge < -0.3 is 19.3 Å². The number of hydrogen-bond donors (Lipinski definition) is 1. The molecule has 0 aliphatic heterocycles. The summed E-state index contributed by atoms with van der Waals surface area (Å²) < 4.78 is 15.7. The van der Waals surface area contributed by atoms with Crippen molar-refractivity contribution >= 4 is 0 Å². The van der Waals surface area contributed by atoms with Crippen molar-refractivity contribution in [2.24, 2.45) is 0 Å². The Morgan fingerprint density at radius 3 is 2.22 bits per heavy atom. The van der Waals surface area contributed by atoms with E-state index in [1.807, 2.05) is 6.92 Å². The van der Waals surface area contributed by atoms with Crippen LogP contribution in [0.4, 0.5) is 0 Å². The van der Waals surface area contributed by atoms with Crippen LogP contribution in [0.2, 0.25) is 0 Å². The molecule has 18 heavy (non-hydrogen) atoms. The highest BCUT2D eigenvalue weighted by atomic mass is 16.6. The molecule has 110 valence electrons. The van der Waals surface area contributed by atoms with E-state index in [2.05, 4.69) is 6.92 Å². The fourth-order valence-corrected chi connectivity index (χ4v) is 1.61. The van der Waals surface area contributed by atoms with Gasteiger partial charge in [-0.05, 0) is 19.8 Å². The second-order valence-corrected chi connectivity index (χ2v) is 4.34. The van der Waals surface area contributed by atoms with Crippen LogP contribution in [-0.2, 0) is 14.2 Å². The summed E-state index contributed by atoms with van der Waals surface area (Å²) in [5, 5.41) is 9.54. The molecule has 0 amide bonds. The number of rotatable bonds is 14. The first-order valence-corrected chi connectivity index (χ1v) is 7.26. The second-order valence-electron chi connectivity index (χ2n) is 4.34. The first-order valence-electron chi connectivity index (χ1n) is 7.26. The minimum Gasteiger partial charge on any atom is -0.379 e. The lowest BCUT2D eigenvalue weighted by Gasteiger charge is -2.12. The molecule has 0 bridgehead atoms. The predicted octanol–water partition coefficient (Wildman–Crippen LogP) is 2.74. The highest BCUT2D eigenvalue weighted by Gasteiger charge is 2.03. The van der Waals surface area contributed by atoms with E-state index in [-0.39, 0.29) is 0 Å². The maximum Gasteiger partial charge on any atom is 0.154 e. The molecule has 4 heteroatoms. The average Bonchev–Trinajstić information content (AvgIpc) is 2.37. The molecule has 0 saturated carbocycles. The summed E-state index contributed by atoms with van der Waals surface area (Å²) in [6.07, 6.45) is 6.09. The van der Waals surface area contributed by atoms with Gasteiger partial charge in [0.25, 0.3) is 0 Å². The second kappa shape index (κ2) is 14.9. The zero-order chi connectivity index (χ0) is 13.5. The number of ether oxygens (including phenoxy) is 3. The quantitative estimate of drug-likeness (QED) is 0.386. The van der Waals surface area contributed by atoms with E-state index in [1.165, 1.54) is 25.7 Å². The Bertz CT molecular complexity index is 153. The Morgan fingerprint density at radius 1 is 0.833 bits per heavy atom. The van der Waals surface area contributed by atoms with E-state index in [4.69, 9.17) is 14.2 Å². The lowest BCUT2D eigenvalue weighted by molar-refractivity contribution is -0.117. The minimum atomic E-state index is -0.637. The van der Waals surface area contributed by atoms with Gasteiger partial charge in [-0.2, -0.15) is 0 Å². The van der Waals surface area contributed by atoms with E-state index < -0.39 is 6.29 Å². The van der Waals surface area contributed by atoms with Crippen molar-refractivity contribution in [3.8, 4) is 0 Å². The Morgan fingerprint density at radius 2 is 1.50 bits per heavy atom. The molecule has 0 aromatic heterocycles. The van der Waals surface area contributed by atoms with Crippen molar-refractivity contribution in [2.45, 2.75) is 58.7 Å². The normalized spacial score (nSPS) is 12.8. The molecule has 0 spiro atoms. The zero-order valence-corrected chi connectivity index (χ0v) is 12.0. The van der Waals surface area contributed by atoms with Crippen LogP contribution in [0.15, 0.2) is 0 Å². The van der Waals surface area contributed by atoms with E-state index in [0.29, 0.717) is 26.4 Å². The van der Waals surface area contributed by atoms with Crippen LogP contribution in [0.3, 0.4) is 0 Å². The summed E-state index contributed by atoms with van der Waals surface area (Å²) in [7, 11) is 0. The van der Waals surface area contributed by atoms with Crippen LogP contribution in [0.1, 0.15) is 52.4 Å². The molecular formula is C14H30O4. The lowest BCUT2D eigenvalue weighted by atomic mass is 10.1. The standard InChI is InChI=1S/C14H30O4/c1-3-5-6-7-8-9-14(15)18-13-12-17-11-10-16-4-2/h14-15H,3-13H2,1-2H3. The van der Waals surface area contributed by atoms with Gasteiger partial charge >= 0.3 is 0 Å². The topological polar surface area (TPSA) is 47.9 Å². The van der Waals surface area contributed by atoms with Crippen molar-refractivity contribution in [3.63, 3.8) is 0 Å². The smallest absolute Gasteiger partial charge is 0.154 e. The Labute approximate surface area is 112 Å². The molecule has 1 unspecified atom stereocenters. The molecule has 0 rings (SSSR count). The zero-order valence-electron chi connectivity index (χ0n) is 12.0. The molecule has 0 aromatic carbocycles. The molecule has 1 atom stereocenters. The van der Waals surface area contributed by atoms with Crippen LogP contribution in [0.25, 0.3) is 0 Å². The third-order valence-electron chi connectivity index (χ3n) is 2.67. The molecular weight excluding hydrogens is 232 g/mol. The average molecular weight is 262 g/mol. The highest BCUT2D eigenvalue weighted by Crippen LogP contribution is 2.07. The molecule has 0 aromatic rings. The van der Waals surface area contributed by atoms with Crippen molar-refractivity contribution in [1.82, 2.24) is 0 Å². The highest BCUT2D eigenvalue weighted by molar-refractivity contribution is 4.47. The number of hydrogen-bond acceptors (Lipinski definition) is 4. The first kappa shape index (κ1) is 17.8. The van der Waals surface area contributed by atoms with Crippen molar-refractivity contribution < 1.29 is 19.3 Å². The fraction of sp³-hybridized carbons (Fsp3) is 1.00. The molecule has 0 radical (unpaired) electrons. The van der Waals surface area contributed by atoms with E-state index >= 15 is 0 Å². The van der Waals surface area contributed by atoms with Crippen LogP contribution in [-0.4, -0.2) is 44.4 Å². The minimum absolute atomic E-state index is 0.447. The lowest BCUT2D eigenvalue weighted by Crippen LogP contribution is -2.16. The molecule has 0 heterocycles. The van der Waals surface area contributed by atoms with Gasteiger partial charge in [-0.3, -0.25) is 0 Å². The maximum atomic E-state index is 9.54. The van der Waals surface area contributed by atoms with Crippen LogP contribution in [0, 0.1) is 0 Å². The van der Waals surface area contributed by atoms with E-state index in [0.717, 1.165) is 19.4 Å². The SMILES string of the molecule is CCCCCCCC(O)OCCOCCOCC. The van der Waals surface area contributed by atoms with Gasteiger partial charge in [0.05, 0.1) is 26.4 Å². The molecule has 4 nitrogen and oxygen atoms in total. The van der Waals surface area contributed by atoms with Gasteiger partial charge in [0, 0.05) is 6.61 Å². The van der Waals surface area contributed by atoms with Gasteiger partial charge in [-0.1, -0.05) is 32.6 Å². The molecule has 0 saturated heterocycles. The maximum absolute atomic E-state index is 9.54. The Kier molecular flexibility index (Phi) is 14.8. The monoisotopic (exact) mass is 262 g/mol. The van der Waals surface area contributed by atoms with Gasteiger partial charge in [-0.25, -0.2) is 0 Å². The number of unbranched alkanes of at least 4 members (excludes halogenated alkanes) is 4. The summed E-state index contributed by atoms with van der Waals surface area (Å²) in [4.78, 5) is 0. The fourth-order valence-electron chi connectivity index (χ4n) is 1.61. The number of aliphatic hydroxyl groups is 1. The van der Waals surface area contributed by atoms with Gasteiger partial charge in [-0.15, -0.1) is 0 Å². The van der Waals surface area contributed by atoms with Gasteiger partial charge in [0.15, 0.2) is 6.29 Å². The summed E-state index contributed by atoms with van der Waals surface area (Å²) >= 11 is 0. The largest absolute Gasteiger partial charge is 0.379 e. The van der Waals surface area contributed by atoms with Crippen molar-refractivity contribution in [3.05, 3.63) is 0 Å². The Hall–Kier alpha value is -0.160. The first-order chi connectivity index (χ1) is 8.81. The summed E-state index contributed by atoms with van der Waals surface area (Å²) in [6, 6.07) is 0. The van der Waals surface area contributed by atoms with Gasteiger partial charge in [0.2, 0.25) is 0 Å². The number of aliphatic hydroxyl groups excluding tert-OH is 1. The van der Waals surface area contributed by atoms with Crippen LogP contribution in [0.5, 0.6) is 0 Å². The third kappa shape index (κ3) is 13.9. The molecule has 1 N–H and O–H groups in total. The van der Waals surface area contributed by atoms with Crippen LogP contribution >= 0.6 is 0 Å². The van der Waals surface area contributed by atoms with Crippen molar-refractivity contribution in [2.75, 3.05) is 33.0 Å².